The second-order valence-corrected chi connectivity index (χ2v) is 4.06. The molecule has 1 rings (SSSR count). The normalized spacial score (nSPS) is 10.4. The lowest BCUT2D eigenvalue weighted by atomic mass is 10.3. The monoisotopic (exact) mass is 332 g/mol. The lowest BCUT2D eigenvalue weighted by Gasteiger charge is -2.04. The molecule has 3 nitrogen and oxygen atoms in total. The van der Waals surface area contributed by atoms with Crippen molar-refractivity contribution in [3.05, 3.63) is 40.0 Å². The number of hydrogen-bond donors (Lipinski definition) is 0. The Balaban J connectivity index is 2.36. The second-order valence-electron chi connectivity index (χ2n) is 2.90. The van der Waals surface area contributed by atoms with Crippen molar-refractivity contribution in [1.29, 1.82) is 0 Å². The van der Waals surface area contributed by atoms with Crippen LogP contribution in [0.3, 0.4) is 0 Å². The fraction of sp³-hybridized carbons (Fsp3) is 0.250. The molecule has 86 valence electrons. The van der Waals surface area contributed by atoms with E-state index in [2.05, 4.69) is 22.6 Å². The van der Waals surface area contributed by atoms with E-state index in [9.17, 15) is 4.79 Å². The van der Waals surface area contributed by atoms with Gasteiger partial charge in [-0.05, 0) is 47.7 Å². The zero-order valence-corrected chi connectivity index (χ0v) is 11.1. The van der Waals surface area contributed by atoms with Gasteiger partial charge in [0.1, 0.15) is 12.4 Å². The van der Waals surface area contributed by atoms with Crippen LogP contribution >= 0.6 is 22.6 Å². The molecule has 1 aromatic carbocycles. The highest BCUT2D eigenvalue weighted by Crippen LogP contribution is 2.19. The molecule has 0 saturated heterocycles. The molecule has 0 N–H and O–H groups in total. The fourth-order valence-corrected chi connectivity index (χ4v) is 1.58. The Morgan fingerprint density at radius 2 is 2.19 bits per heavy atom. The Morgan fingerprint density at radius 1 is 1.44 bits per heavy atom. The molecule has 0 fully saturated rings. The number of para-hydroxylation sites is 1. The van der Waals surface area contributed by atoms with Crippen LogP contribution in [0.2, 0.25) is 0 Å². The Morgan fingerprint density at radius 3 is 2.88 bits per heavy atom. The molecule has 4 heteroatoms. The highest BCUT2D eigenvalue weighted by molar-refractivity contribution is 14.1. The summed E-state index contributed by atoms with van der Waals surface area (Å²) in [6, 6.07) is 7.71. The second kappa shape index (κ2) is 7.27. The van der Waals surface area contributed by atoms with Gasteiger partial charge in [0.15, 0.2) is 0 Å². The quantitative estimate of drug-likeness (QED) is 0.473. The van der Waals surface area contributed by atoms with E-state index < -0.39 is 0 Å². The van der Waals surface area contributed by atoms with Crippen molar-refractivity contribution in [1.82, 2.24) is 0 Å². The molecule has 0 spiro atoms. The standard InChI is InChI=1S/C12H13IO3/c1-2-15-12(14)8-5-9-16-11-7-4-3-6-10(11)13/h3-8H,2,9H2,1H3. The number of carbonyl (C=O) groups excluding carboxylic acids is 1. The molecule has 0 aliphatic rings. The highest BCUT2D eigenvalue weighted by atomic mass is 127. The van der Waals surface area contributed by atoms with Gasteiger partial charge >= 0.3 is 5.97 Å². The van der Waals surface area contributed by atoms with Gasteiger partial charge in [0.05, 0.1) is 10.2 Å². The molecular formula is C12H13IO3. The first kappa shape index (κ1) is 13.0. The minimum Gasteiger partial charge on any atom is -0.488 e. The van der Waals surface area contributed by atoms with Crippen molar-refractivity contribution in [2.24, 2.45) is 0 Å². The first-order valence-electron chi connectivity index (χ1n) is 4.94. The van der Waals surface area contributed by atoms with E-state index in [1.54, 1.807) is 13.0 Å². The third-order valence-electron chi connectivity index (χ3n) is 1.71. The molecule has 1 aromatic rings. The number of halogens is 1. The summed E-state index contributed by atoms with van der Waals surface area (Å²) in [4.78, 5) is 11.0. The van der Waals surface area contributed by atoms with Gasteiger partial charge in [-0.25, -0.2) is 4.79 Å². The van der Waals surface area contributed by atoms with E-state index in [0.717, 1.165) is 9.32 Å². The summed E-state index contributed by atoms with van der Waals surface area (Å²) in [6.07, 6.45) is 3.01. The summed E-state index contributed by atoms with van der Waals surface area (Å²) < 4.78 is 11.2. The van der Waals surface area contributed by atoms with Crippen molar-refractivity contribution >= 4 is 28.6 Å². The van der Waals surface area contributed by atoms with Crippen LogP contribution in [0.1, 0.15) is 6.92 Å². The molecule has 0 saturated carbocycles. The number of ether oxygens (including phenoxy) is 2. The Kier molecular flexibility index (Phi) is 5.92. The molecule has 0 heterocycles. The largest absolute Gasteiger partial charge is 0.488 e. The Hall–Kier alpha value is -1.04. The number of esters is 1. The van der Waals surface area contributed by atoms with Crippen LogP contribution in [0.4, 0.5) is 0 Å². The van der Waals surface area contributed by atoms with Gasteiger partial charge in [0.25, 0.3) is 0 Å². The summed E-state index contributed by atoms with van der Waals surface area (Å²) in [7, 11) is 0. The van der Waals surface area contributed by atoms with E-state index >= 15 is 0 Å². The molecule has 0 unspecified atom stereocenters. The SMILES string of the molecule is CCOC(=O)C=CCOc1ccccc1I. The van der Waals surface area contributed by atoms with Crippen molar-refractivity contribution in [2.75, 3.05) is 13.2 Å². The molecule has 0 radical (unpaired) electrons. The fourth-order valence-electron chi connectivity index (χ4n) is 1.03. The predicted octanol–water partition coefficient (Wildman–Crippen LogP) is 2.79. The van der Waals surface area contributed by atoms with E-state index in [4.69, 9.17) is 9.47 Å². The van der Waals surface area contributed by atoms with Gasteiger partial charge in [0.2, 0.25) is 0 Å². The van der Waals surface area contributed by atoms with E-state index in [1.165, 1.54) is 6.08 Å². The summed E-state index contributed by atoms with van der Waals surface area (Å²) in [5.41, 5.74) is 0. The smallest absolute Gasteiger partial charge is 0.330 e. The van der Waals surface area contributed by atoms with Crippen LogP contribution in [0.25, 0.3) is 0 Å². The topological polar surface area (TPSA) is 35.5 Å². The van der Waals surface area contributed by atoms with Crippen LogP contribution in [-0.4, -0.2) is 19.2 Å². The molecule has 0 aliphatic carbocycles. The maximum absolute atomic E-state index is 11.0. The molecule has 0 aromatic heterocycles. The van der Waals surface area contributed by atoms with Crippen LogP contribution < -0.4 is 4.74 Å². The third-order valence-corrected chi connectivity index (χ3v) is 2.60. The predicted molar refractivity (Wildman–Crippen MR) is 70.4 cm³/mol. The highest BCUT2D eigenvalue weighted by Gasteiger charge is 1.97. The zero-order valence-electron chi connectivity index (χ0n) is 8.98. The lowest BCUT2D eigenvalue weighted by Crippen LogP contribution is -2.01. The van der Waals surface area contributed by atoms with Crippen LogP contribution in [0, 0.1) is 3.57 Å². The van der Waals surface area contributed by atoms with Gasteiger partial charge in [-0.2, -0.15) is 0 Å². The number of carbonyl (C=O) groups is 1. The van der Waals surface area contributed by atoms with Crippen LogP contribution in [0.5, 0.6) is 5.75 Å². The van der Waals surface area contributed by atoms with Crippen molar-refractivity contribution < 1.29 is 14.3 Å². The minimum atomic E-state index is -0.339. The van der Waals surface area contributed by atoms with Crippen molar-refractivity contribution in [3.8, 4) is 5.75 Å². The Bertz CT molecular complexity index is 374. The number of hydrogen-bond acceptors (Lipinski definition) is 3. The zero-order chi connectivity index (χ0) is 11.8. The number of benzene rings is 1. The third kappa shape index (κ3) is 4.65. The Labute approximate surface area is 109 Å². The van der Waals surface area contributed by atoms with Gasteiger partial charge in [-0.15, -0.1) is 0 Å². The van der Waals surface area contributed by atoms with Crippen LogP contribution in [-0.2, 0) is 9.53 Å². The van der Waals surface area contributed by atoms with Crippen molar-refractivity contribution in [2.45, 2.75) is 6.92 Å². The van der Waals surface area contributed by atoms with E-state index in [1.807, 2.05) is 24.3 Å². The maximum Gasteiger partial charge on any atom is 0.330 e. The summed E-state index contributed by atoms with van der Waals surface area (Å²) in [5, 5.41) is 0. The number of rotatable bonds is 5. The van der Waals surface area contributed by atoms with Gasteiger partial charge in [-0.3, -0.25) is 0 Å². The molecule has 0 amide bonds. The van der Waals surface area contributed by atoms with Crippen LogP contribution in [0.15, 0.2) is 36.4 Å². The average Bonchev–Trinajstić information content (AvgIpc) is 2.27. The lowest BCUT2D eigenvalue weighted by molar-refractivity contribution is -0.137. The van der Waals surface area contributed by atoms with E-state index in [-0.39, 0.29) is 5.97 Å². The van der Waals surface area contributed by atoms with Gasteiger partial charge < -0.3 is 9.47 Å². The maximum atomic E-state index is 11.0. The summed E-state index contributed by atoms with van der Waals surface area (Å²) in [5.74, 6) is 0.477. The average molecular weight is 332 g/mol. The van der Waals surface area contributed by atoms with Crippen molar-refractivity contribution in [3.63, 3.8) is 0 Å². The molecule has 16 heavy (non-hydrogen) atoms. The molecule has 0 aliphatic heterocycles. The van der Waals surface area contributed by atoms with E-state index in [0.29, 0.717) is 13.2 Å². The van der Waals surface area contributed by atoms with Gasteiger partial charge in [-0.1, -0.05) is 12.1 Å². The summed E-state index contributed by atoms with van der Waals surface area (Å²) in [6.45, 7) is 2.52. The molecule has 0 atom stereocenters. The molecular weight excluding hydrogens is 319 g/mol. The first-order valence-corrected chi connectivity index (χ1v) is 6.02. The first-order chi connectivity index (χ1) is 7.74. The summed E-state index contributed by atoms with van der Waals surface area (Å²) >= 11 is 2.20. The van der Waals surface area contributed by atoms with Gasteiger partial charge in [0, 0.05) is 6.08 Å². The minimum absolute atomic E-state index is 0.339. The molecule has 0 bridgehead atoms.